The molecular weight excluding hydrogens is 1030 g/mol. The number of amides is 1. The van der Waals surface area contributed by atoms with Crippen LogP contribution in [0, 0.1) is 0 Å². The zero-order valence-electron chi connectivity index (χ0n) is 48.0. The van der Waals surface area contributed by atoms with Crippen LogP contribution in [0.5, 0.6) is 0 Å². The molecule has 3 fully saturated rings. The third-order valence-electron chi connectivity index (χ3n) is 14.7. The maximum absolute atomic E-state index is 13.3. The van der Waals surface area contributed by atoms with Gasteiger partial charge in [0.1, 0.15) is 73.2 Å². The molecule has 0 radical (unpaired) electrons. The number of hydrogen-bond donors (Lipinski definition) is 12. The zero-order valence-corrected chi connectivity index (χ0v) is 48.0. The molecule has 0 bridgehead atoms. The maximum atomic E-state index is 13.3. The molecule has 3 aliphatic rings. The third-order valence-corrected chi connectivity index (χ3v) is 14.7. The average Bonchev–Trinajstić information content (AvgIpc) is 3.50. The van der Waals surface area contributed by atoms with Crippen molar-refractivity contribution in [2.75, 3.05) is 26.4 Å². The molecule has 0 spiro atoms. The Hall–Kier alpha value is -2.77. The lowest BCUT2D eigenvalue weighted by molar-refractivity contribution is -0.379. The molecule has 0 saturated carbocycles. The van der Waals surface area contributed by atoms with Gasteiger partial charge >= 0.3 is 0 Å². The molecule has 12 N–H and O–H groups in total. The lowest BCUT2D eigenvalue weighted by Crippen LogP contribution is -2.66. The smallest absolute Gasteiger partial charge is 0.220 e. The van der Waals surface area contributed by atoms with Crippen LogP contribution < -0.4 is 5.32 Å². The van der Waals surface area contributed by atoms with Crippen molar-refractivity contribution < 1.29 is 89.4 Å². The summed E-state index contributed by atoms with van der Waals surface area (Å²) in [4.78, 5) is 13.3. The highest BCUT2D eigenvalue weighted by molar-refractivity contribution is 5.76. The Morgan fingerprint density at radius 3 is 1.40 bits per heavy atom. The average molecular weight is 1140 g/mol. The summed E-state index contributed by atoms with van der Waals surface area (Å²) in [7, 11) is 0. The summed E-state index contributed by atoms with van der Waals surface area (Å²) < 4.78 is 34.2. The largest absolute Gasteiger partial charge is 0.394 e. The molecule has 0 aromatic carbocycles. The molecule has 462 valence electrons. The van der Waals surface area contributed by atoms with E-state index < -0.39 is 124 Å². The van der Waals surface area contributed by atoms with Gasteiger partial charge in [-0.15, -0.1) is 0 Å². The Kier molecular flexibility index (Phi) is 39.2. The van der Waals surface area contributed by atoms with Gasteiger partial charge in [-0.25, -0.2) is 0 Å². The number of carbonyl (C=O) groups excluding carboxylic acids is 1. The number of nitrogens with one attached hydrogen (secondary N) is 1. The lowest BCUT2D eigenvalue weighted by Gasteiger charge is -2.48. The number of aliphatic hydroxyl groups excluding tert-OH is 11. The van der Waals surface area contributed by atoms with E-state index in [1.807, 2.05) is 6.08 Å². The van der Waals surface area contributed by atoms with Crippen molar-refractivity contribution in [1.82, 2.24) is 5.32 Å². The van der Waals surface area contributed by atoms with Crippen LogP contribution in [0.1, 0.15) is 174 Å². The van der Waals surface area contributed by atoms with E-state index in [-0.39, 0.29) is 18.9 Å². The summed E-state index contributed by atoms with van der Waals surface area (Å²) in [5, 5.41) is 120. The second-order valence-electron chi connectivity index (χ2n) is 21.4. The highest BCUT2D eigenvalue weighted by Crippen LogP contribution is 2.33. The lowest BCUT2D eigenvalue weighted by atomic mass is 9.96. The van der Waals surface area contributed by atoms with Crippen molar-refractivity contribution in [2.24, 2.45) is 0 Å². The molecule has 0 aromatic heterocycles. The summed E-state index contributed by atoms with van der Waals surface area (Å²) in [6.45, 7) is 1.55. The van der Waals surface area contributed by atoms with Gasteiger partial charge in [0.15, 0.2) is 18.9 Å². The monoisotopic (exact) mass is 1140 g/mol. The van der Waals surface area contributed by atoms with Gasteiger partial charge in [0.05, 0.1) is 38.6 Å². The molecule has 3 rings (SSSR count). The van der Waals surface area contributed by atoms with E-state index in [0.29, 0.717) is 12.8 Å². The molecule has 19 nitrogen and oxygen atoms in total. The molecule has 3 saturated heterocycles. The second kappa shape index (κ2) is 43.8. The molecule has 17 atom stereocenters. The number of aliphatic hydroxyl groups is 11. The number of rotatable bonds is 43. The topological polar surface area (TPSA) is 307 Å². The van der Waals surface area contributed by atoms with Crippen molar-refractivity contribution in [1.29, 1.82) is 0 Å². The minimum Gasteiger partial charge on any atom is -0.394 e. The van der Waals surface area contributed by atoms with Crippen molar-refractivity contribution in [2.45, 2.75) is 279 Å². The normalized spacial score (nSPS) is 30.5. The van der Waals surface area contributed by atoms with E-state index >= 15 is 0 Å². The summed E-state index contributed by atoms with van der Waals surface area (Å²) in [5.41, 5.74) is 0. The minimum absolute atomic E-state index is 0.204. The number of allylic oxidation sites excluding steroid dienone is 11. The highest BCUT2D eigenvalue weighted by Gasteiger charge is 2.53. The first-order chi connectivity index (χ1) is 38.8. The van der Waals surface area contributed by atoms with E-state index in [2.05, 4.69) is 79.9 Å². The van der Waals surface area contributed by atoms with Crippen molar-refractivity contribution in [3.05, 3.63) is 72.9 Å². The molecule has 19 heteroatoms. The predicted octanol–water partition coefficient (Wildman–Crippen LogP) is 5.43. The predicted molar refractivity (Wildman–Crippen MR) is 305 cm³/mol. The van der Waals surface area contributed by atoms with Gasteiger partial charge in [-0.3, -0.25) is 4.79 Å². The van der Waals surface area contributed by atoms with Gasteiger partial charge in [0, 0.05) is 6.42 Å². The van der Waals surface area contributed by atoms with Crippen LogP contribution in [0.4, 0.5) is 0 Å². The maximum Gasteiger partial charge on any atom is 0.220 e. The SMILES string of the molecule is CC/C=C\C/C=C\C/C=C\C/C=C\CCCCCCC(=O)NC(COC1OC(CO)C(OC2OC(CO)C(OC3OC(CO)C(O)C(O)C3O)C(O)C2O)C(O)C1O)C(O)/C=C/CC/C=C/CCCCCCCCCCCCCC. The molecule has 17 unspecified atom stereocenters. The highest BCUT2D eigenvalue weighted by atomic mass is 16.8. The Morgan fingerprint density at radius 2 is 0.875 bits per heavy atom. The van der Waals surface area contributed by atoms with Crippen LogP contribution in [-0.4, -0.2) is 193 Å². The first-order valence-electron chi connectivity index (χ1n) is 30.2. The summed E-state index contributed by atoms with van der Waals surface area (Å²) >= 11 is 0. The number of carbonyl (C=O) groups is 1. The van der Waals surface area contributed by atoms with Crippen molar-refractivity contribution in [3.63, 3.8) is 0 Å². The van der Waals surface area contributed by atoms with Crippen LogP contribution in [0.15, 0.2) is 72.9 Å². The first-order valence-corrected chi connectivity index (χ1v) is 30.2. The van der Waals surface area contributed by atoms with Crippen LogP contribution in [0.3, 0.4) is 0 Å². The summed E-state index contributed by atoms with van der Waals surface area (Å²) in [5.74, 6) is -0.312. The van der Waals surface area contributed by atoms with Crippen LogP contribution in [-0.2, 0) is 33.2 Å². The quantitative estimate of drug-likeness (QED) is 0.0268. The summed E-state index contributed by atoms with van der Waals surface area (Å²) in [6.07, 6.45) is 24.5. The molecule has 1 amide bonds. The van der Waals surface area contributed by atoms with Crippen LogP contribution in [0.2, 0.25) is 0 Å². The fraction of sp³-hybridized carbons (Fsp3) is 0.787. The first kappa shape index (κ1) is 71.5. The van der Waals surface area contributed by atoms with Crippen molar-refractivity contribution >= 4 is 5.91 Å². The molecule has 80 heavy (non-hydrogen) atoms. The van der Waals surface area contributed by atoms with Gasteiger partial charge in [-0.2, -0.15) is 0 Å². The Labute approximate surface area is 477 Å². The van der Waals surface area contributed by atoms with Gasteiger partial charge in [0.25, 0.3) is 0 Å². The van der Waals surface area contributed by atoms with Gasteiger partial charge in [-0.1, -0.05) is 170 Å². The van der Waals surface area contributed by atoms with Gasteiger partial charge in [-0.05, 0) is 70.6 Å². The second-order valence-corrected chi connectivity index (χ2v) is 21.4. The van der Waals surface area contributed by atoms with E-state index in [9.17, 15) is 61.0 Å². The van der Waals surface area contributed by atoms with Gasteiger partial charge < -0.3 is 89.9 Å². The van der Waals surface area contributed by atoms with Gasteiger partial charge in [0.2, 0.25) is 5.91 Å². The van der Waals surface area contributed by atoms with Crippen LogP contribution in [0.25, 0.3) is 0 Å². The molecule has 0 aromatic rings. The molecule has 3 heterocycles. The minimum atomic E-state index is -1.99. The number of unbranched alkanes of at least 4 members (excludes halogenated alkanes) is 17. The molecule has 0 aliphatic carbocycles. The fourth-order valence-corrected chi connectivity index (χ4v) is 9.78. The molecule has 3 aliphatic heterocycles. The van der Waals surface area contributed by atoms with Crippen LogP contribution >= 0.6 is 0 Å². The van der Waals surface area contributed by atoms with Crippen molar-refractivity contribution in [3.8, 4) is 0 Å². The molecular formula is C61H105NO18. The fourth-order valence-electron chi connectivity index (χ4n) is 9.78. The summed E-state index contributed by atoms with van der Waals surface area (Å²) in [6, 6.07) is -1.01. The standard InChI is InChI=1S/C61H105NO18/c1-3-5-7-9-11-13-15-17-19-21-23-24-26-28-30-32-34-36-38-45(66)44(62-49(67)39-37-35-33-31-29-27-25-22-20-18-16-14-12-10-8-6-4-2)43-75-59-55(73)52(70)57(47(41-64)77-59)80-61-56(74)53(71)58(48(42-65)78-61)79-60-54(72)51(69)50(68)46(40-63)76-60/h6,8,12,14,18,20,25,27-28,30,36,38,44-48,50-61,63-66,68-74H,3-5,7,9-11,13,15-17,19,21-24,26,29,31-35,37,39-43H2,1-2H3,(H,62,67)/b8-6-,14-12-,20-18-,27-25-,30-28+,38-36+. The third kappa shape index (κ3) is 27.3. The zero-order chi connectivity index (χ0) is 58.3. The van der Waals surface area contributed by atoms with E-state index in [0.717, 1.165) is 70.6 Å². The Morgan fingerprint density at radius 1 is 0.463 bits per heavy atom. The Balaban J connectivity index is 1.53. The van der Waals surface area contributed by atoms with E-state index in [1.165, 1.54) is 70.6 Å². The number of ether oxygens (including phenoxy) is 6. The van der Waals surface area contributed by atoms with E-state index in [4.69, 9.17) is 28.4 Å². The Bertz CT molecular complexity index is 1740. The number of hydrogen-bond acceptors (Lipinski definition) is 18. The van der Waals surface area contributed by atoms with E-state index in [1.54, 1.807) is 6.08 Å².